The number of benzene rings is 2. The first kappa shape index (κ1) is 13.5. The standard InChI is InChI=1S/C20H14S2/c1-5-17(19-9-11-21-13-19)6-2-15(1)16-3-7-18(8-4-16)20-10-12-22-14-20/h1-14H. The fourth-order valence-electron chi connectivity index (χ4n) is 2.57. The highest BCUT2D eigenvalue weighted by atomic mass is 32.1. The Bertz CT molecular complexity index is 761. The van der Waals surface area contributed by atoms with E-state index in [4.69, 9.17) is 0 Å². The highest BCUT2D eigenvalue weighted by Gasteiger charge is 2.02. The molecule has 0 N–H and O–H groups in total. The molecule has 0 aliphatic heterocycles. The maximum absolute atomic E-state index is 2.20. The molecule has 2 aromatic heterocycles. The van der Waals surface area contributed by atoms with E-state index in [1.165, 1.54) is 33.4 Å². The average molecular weight is 318 g/mol. The van der Waals surface area contributed by atoms with Gasteiger partial charge in [0.1, 0.15) is 0 Å². The van der Waals surface area contributed by atoms with Crippen LogP contribution in [-0.4, -0.2) is 0 Å². The van der Waals surface area contributed by atoms with E-state index in [9.17, 15) is 0 Å². The molecule has 0 aliphatic carbocycles. The van der Waals surface area contributed by atoms with Crippen molar-refractivity contribution >= 4 is 22.7 Å². The van der Waals surface area contributed by atoms with Gasteiger partial charge < -0.3 is 0 Å². The van der Waals surface area contributed by atoms with Crippen molar-refractivity contribution < 1.29 is 0 Å². The van der Waals surface area contributed by atoms with Crippen molar-refractivity contribution in [2.75, 3.05) is 0 Å². The van der Waals surface area contributed by atoms with Gasteiger partial charge in [-0.3, -0.25) is 0 Å². The van der Waals surface area contributed by atoms with Crippen molar-refractivity contribution in [3.63, 3.8) is 0 Å². The monoisotopic (exact) mass is 318 g/mol. The minimum atomic E-state index is 1.26. The van der Waals surface area contributed by atoms with Crippen LogP contribution < -0.4 is 0 Å². The van der Waals surface area contributed by atoms with Crippen LogP contribution in [0.3, 0.4) is 0 Å². The molecular formula is C20H14S2. The Balaban J connectivity index is 1.62. The van der Waals surface area contributed by atoms with Crippen molar-refractivity contribution in [2.24, 2.45) is 0 Å². The molecule has 0 saturated carbocycles. The fraction of sp³-hybridized carbons (Fsp3) is 0. The molecule has 0 atom stereocenters. The molecule has 0 unspecified atom stereocenters. The van der Waals surface area contributed by atoms with Crippen molar-refractivity contribution in [1.29, 1.82) is 0 Å². The van der Waals surface area contributed by atoms with Gasteiger partial charge in [0.25, 0.3) is 0 Å². The minimum Gasteiger partial charge on any atom is -0.152 e. The van der Waals surface area contributed by atoms with E-state index in [1.807, 2.05) is 0 Å². The lowest BCUT2D eigenvalue weighted by Gasteiger charge is -2.05. The zero-order chi connectivity index (χ0) is 14.8. The summed E-state index contributed by atoms with van der Waals surface area (Å²) in [5.74, 6) is 0. The van der Waals surface area contributed by atoms with Crippen LogP contribution in [0.15, 0.2) is 82.2 Å². The molecule has 0 nitrogen and oxygen atoms in total. The smallest absolute Gasteiger partial charge is 0.00147 e. The number of hydrogen-bond donors (Lipinski definition) is 0. The quantitative estimate of drug-likeness (QED) is 0.389. The molecule has 22 heavy (non-hydrogen) atoms. The molecule has 4 aromatic rings. The summed E-state index contributed by atoms with van der Waals surface area (Å²) in [6.45, 7) is 0. The van der Waals surface area contributed by atoms with E-state index in [0.717, 1.165) is 0 Å². The van der Waals surface area contributed by atoms with Gasteiger partial charge in [0.15, 0.2) is 0 Å². The summed E-state index contributed by atoms with van der Waals surface area (Å²) >= 11 is 3.47. The lowest BCUT2D eigenvalue weighted by atomic mass is 10.00. The second kappa shape index (κ2) is 5.91. The van der Waals surface area contributed by atoms with Gasteiger partial charge in [-0.1, -0.05) is 48.5 Å². The van der Waals surface area contributed by atoms with E-state index in [2.05, 4.69) is 82.2 Å². The van der Waals surface area contributed by atoms with Crippen LogP contribution in [0.1, 0.15) is 0 Å². The summed E-state index contributed by atoms with van der Waals surface area (Å²) < 4.78 is 0. The predicted molar refractivity (Wildman–Crippen MR) is 98.5 cm³/mol. The Morgan fingerprint density at radius 2 is 0.682 bits per heavy atom. The molecular weight excluding hydrogens is 304 g/mol. The Labute approximate surface area is 138 Å². The Morgan fingerprint density at radius 3 is 0.955 bits per heavy atom. The molecule has 0 fully saturated rings. The number of thiophene rings is 2. The van der Waals surface area contributed by atoms with Crippen LogP contribution in [-0.2, 0) is 0 Å². The second-order valence-electron chi connectivity index (χ2n) is 5.18. The SMILES string of the molecule is c1cc(-c2ccc(-c3ccc(-c4ccsc4)cc3)cc2)cs1. The molecule has 2 heteroatoms. The third kappa shape index (κ3) is 2.63. The molecule has 0 bridgehead atoms. The topological polar surface area (TPSA) is 0 Å². The third-order valence-corrected chi connectivity index (χ3v) is 5.18. The van der Waals surface area contributed by atoms with Crippen LogP contribution in [0, 0.1) is 0 Å². The van der Waals surface area contributed by atoms with Gasteiger partial charge >= 0.3 is 0 Å². The van der Waals surface area contributed by atoms with Crippen LogP contribution >= 0.6 is 22.7 Å². The van der Waals surface area contributed by atoms with Crippen molar-refractivity contribution in [1.82, 2.24) is 0 Å². The van der Waals surface area contributed by atoms with Gasteiger partial charge in [-0.15, -0.1) is 0 Å². The molecule has 0 aliphatic rings. The van der Waals surface area contributed by atoms with E-state index in [-0.39, 0.29) is 0 Å². The van der Waals surface area contributed by atoms with Gasteiger partial charge in [-0.05, 0) is 67.0 Å². The summed E-state index contributed by atoms with van der Waals surface area (Å²) in [5.41, 5.74) is 7.67. The van der Waals surface area contributed by atoms with Gasteiger partial charge in [0.05, 0.1) is 0 Å². The summed E-state index contributed by atoms with van der Waals surface area (Å²) in [6.07, 6.45) is 0. The van der Waals surface area contributed by atoms with E-state index in [0.29, 0.717) is 0 Å². The maximum Gasteiger partial charge on any atom is -0.00147 e. The van der Waals surface area contributed by atoms with Crippen molar-refractivity contribution in [3.8, 4) is 33.4 Å². The highest BCUT2D eigenvalue weighted by molar-refractivity contribution is 7.08. The summed E-state index contributed by atoms with van der Waals surface area (Å²) in [5, 5.41) is 8.61. The highest BCUT2D eigenvalue weighted by Crippen LogP contribution is 2.28. The number of hydrogen-bond acceptors (Lipinski definition) is 2. The normalized spacial score (nSPS) is 10.7. The predicted octanol–water partition coefficient (Wildman–Crippen LogP) is 6.81. The molecule has 4 rings (SSSR count). The lowest BCUT2D eigenvalue weighted by Crippen LogP contribution is -1.80. The van der Waals surface area contributed by atoms with Crippen molar-refractivity contribution in [3.05, 3.63) is 82.2 Å². The first-order valence-electron chi connectivity index (χ1n) is 7.16. The molecule has 0 spiro atoms. The van der Waals surface area contributed by atoms with Gasteiger partial charge in [0, 0.05) is 0 Å². The maximum atomic E-state index is 2.20. The Morgan fingerprint density at radius 1 is 0.364 bits per heavy atom. The average Bonchev–Trinajstić information content (AvgIpc) is 3.29. The summed E-state index contributed by atoms with van der Waals surface area (Å²) in [7, 11) is 0. The van der Waals surface area contributed by atoms with Crippen LogP contribution in [0.2, 0.25) is 0 Å². The zero-order valence-corrected chi connectivity index (χ0v) is 13.5. The molecule has 106 valence electrons. The Kier molecular flexibility index (Phi) is 3.63. The minimum absolute atomic E-state index is 1.26. The van der Waals surface area contributed by atoms with E-state index >= 15 is 0 Å². The number of rotatable bonds is 3. The summed E-state index contributed by atoms with van der Waals surface area (Å²) in [6, 6.07) is 21.9. The molecule has 2 aromatic carbocycles. The lowest BCUT2D eigenvalue weighted by molar-refractivity contribution is 1.60. The van der Waals surface area contributed by atoms with Crippen LogP contribution in [0.4, 0.5) is 0 Å². The third-order valence-electron chi connectivity index (χ3n) is 3.81. The molecule has 2 heterocycles. The molecule has 0 amide bonds. The van der Waals surface area contributed by atoms with Gasteiger partial charge in [-0.2, -0.15) is 22.7 Å². The van der Waals surface area contributed by atoms with Crippen molar-refractivity contribution in [2.45, 2.75) is 0 Å². The Hall–Kier alpha value is -2.16. The second-order valence-corrected chi connectivity index (χ2v) is 6.74. The van der Waals surface area contributed by atoms with Gasteiger partial charge in [0.2, 0.25) is 0 Å². The van der Waals surface area contributed by atoms with E-state index in [1.54, 1.807) is 22.7 Å². The van der Waals surface area contributed by atoms with Crippen LogP contribution in [0.25, 0.3) is 33.4 Å². The van der Waals surface area contributed by atoms with E-state index < -0.39 is 0 Å². The largest absolute Gasteiger partial charge is 0.152 e. The van der Waals surface area contributed by atoms with Gasteiger partial charge in [-0.25, -0.2) is 0 Å². The molecule has 0 radical (unpaired) electrons. The first-order valence-corrected chi connectivity index (χ1v) is 9.04. The summed E-state index contributed by atoms with van der Waals surface area (Å²) in [4.78, 5) is 0. The molecule has 0 saturated heterocycles. The first-order chi connectivity index (χ1) is 10.9. The zero-order valence-electron chi connectivity index (χ0n) is 11.9. The fourth-order valence-corrected chi connectivity index (χ4v) is 3.90. The van der Waals surface area contributed by atoms with Crippen LogP contribution in [0.5, 0.6) is 0 Å².